The Balaban J connectivity index is 1.63. The van der Waals surface area contributed by atoms with Gasteiger partial charge in [-0.15, -0.1) is 10.2 Å². The first-order valence-corrected chi connectivity index (χ1v) is 11.2. The number of thioether (sulfide) groups is 1. The van der Waals surface area contributed by atoms with Gasteiger partial charge in [-0.05, 0) is 23.6 Å². The SMILES string of the molecule is COc1cccc(CN(C)C(=O)CSc2nnc(N3CCOCC3)n2CC(C)C)c1. The number of rotatable bonds is 9. The molecule has 1 fully saturated rings. The lowest BCUT2D eigenvalue weighted by molar-refractivity contribution is -0.127. The molecule has 0 aliphatic carbocycles. The normalized spacial score (nSPS) is 14.2. The quantitative estimate of drug-likeness (QED) is 0.563. The molecule has 1 aliphatic rings. The van der Waals surface area contributed by atoms with E-state index in [1.165, 1.54) is 11.8 Å². The highest BCUT2D eigenvalue weighted by Crippen LogP contribution is 2.24. The maximum atomic E-state index is 12.7. The van der Waals surface area contributed by atoms with Gasteiger partial charge in [0.15, 0.2) is 5.16 Å². The van der Waals surface area contributed by atoms with Gasteiger partial charge in [0.2, 0.25) is 11.9 Å². The molecule has 0 saturated carbocycles. The molecule has 1 aromatic heterocycles. The van der Waals surface area contributed by atoms with Crippen LogP contribution in [0.3, 0.4) is 0 Å². The summed E-state index contributed by atoms with van der Waals surface area (Å²) in [7, 11) is 3.46. The Bertz CT molecular complexity index is 836. The van der Waals surface area contributed by atoms with Gasteiger partial charge in [-0.1, -0.05) is 37.7 Å². The van der Waals surface area contributed by atoms with E-state index in [2.05, 4.69) is 33.5 Å². The monoisotopic (exact) mass is 433 g/mol. The fraction of sp³-hybridized carbons (Fsp3) is 0.571. The summed E-state index contributed by atoms with van der Waals surface area (Å²) in [4.78, 5) is 16.6. The van der Waals surface area contributed by atoms with Gasteiger partial charge in [0.05, 0.1) is 26.1 Å². The zero-order chi connectivity index (χ0) is 21.5. The minimum atomic E-state index is 0.0508. The number of morpholine rings is 1. The van der Waals surface area contributed by atoms with Gasteiger partial charge < -0.3 is 19.3 Å². The Hall–Kier alpha value is -2.26. The molecule has 9 heteroatoms. The summed E-state index contributed by atoms with van der Waals surface area (Å²) in [5, 5.41) is 9.60. The molecule has 0 spiro atoms. The summed E-state index contributed by atoms with van der Waals surface area (Å²) in [6.45, 7) is 8.71. The zero-order valence-electron chi connectivity index (χ0n) is 18.2. The molecule has 2 heterocycles. The minimum absolute atomic E-state index is 0.0508. The summed E-state index contributed by atoms with van der Waals surface area (Å²) in [5.41, 5.74) is 1.03. The molecule has 8 nitrogen and oxygen atoms in total. The molecule has 3 rings (SSSR count). The van der Waals surface area contributed by atoms with Gasteiger partial charge in [-0.25, -0.2) is 0 Å². The lowest BCUT2D eigenvalue weighted by Gasteiger charge is -2.28. The summed E-state index contributed by atoms with van der Waals surface area (Å²) < 4.78 is 12.9. The fourth-order valence-electron chi connectivity index (χ4n) is 3.28. The van der Waals surface area contributed by atoms with Crippen molar-refractivity contribution in [3.8, 4) is 5.75 Å². The zero-order valence-corrected chi connectivity index (χ0v) is 19.0. The third-order valence-corrected chi connectivity index (χ3v) is 5.79. The molecule has 2 aromatic rings. The van der Waals surface area contributed by atoms with E-state index in [1.54, 1.807) is 12.0 Å². The van der Waals surface area contributed by atoms with Crippen molar-refractivity contribution in [2.75, 3.05) is 51.1 Å². The summed E-state index contributed by atoms with van der Waals surface area (Å²) in [5.74, 6) is 2.48. The number of amides is 1. The van der Waals surface area contributed by atoms with E-state index in [1.807, 2.05) is 31.3 Å². The highest BCUT2D eigenvalue weighted by molar-refractivity contribution is 7.99. The number of aromatic nitrogens is 3. The highest BCUT2D eigenvalue weighted by Gasteiger charge is 2.22. The van der Waals surface area contributed by atoms with Crippen molar-refractivity contribution in [3.63, 3.8) is 0 Å². The molecule has 1 amide bonds. The number of carbonyl (C=O) groups excluding carboxylic acids is 1. The third-order valence-electron chi connectivity index (χ3n) is 4.84. The molecule has 0 atom stereocenters. The number of benzene rings is 1. The van der Waals surface area contributed by atoms with Crippen LogP contribution in [-0.2, 0) is 22.6 Å². The molecule has 164 valence electrons. The number of anilines is 1. The van der Waals surface area contributed by atoms with Gasteiger partial charge in [-0.3, -0.25) is 9.36 Å². The number of hydrogen-bond acceptors (Lipinski definition) is 7. The maximum Gasteiger partial charge on any atom is 0.233 e. The second-order valence-corrected chi connectivity index (χ2v) is 8.72. The molecular weight excluding hydrogens is 402 g/mol. The van der Waals surface area contributed by atoms with E-state index >= 15 is 0 Å². The predicted molar refractivity (Wildman–Crippen MR) is 118 cm³/mol. The van der Waals surface area contributed by atoms with Crippen molar-refractivity contribution in [2.24, 2.45) is 5.92 Å². The van der Waals surface area contributed by atoms with Crippen LogP contribution in [0.5, 0.6) is 5.75 Å². The van der Waals surface area contributed by atoms with Crippen LogP contribution in [-0.4, -0.2) is 71.8 Å². The fourth-order valence-corrected chi connectivity index (χ4v) is 4.16. The molecule has 0 bridgehead atoms. The first-order valence-electron chi connectivity index (χ1n) is 10.2. The molecule has 0 N–H and O–H groups in total. The summed E-state index contributed by atoms with van der Waals surface area (Å²) in [6.07, 6.45) is 0. The van der Waals surface area contributed by atoms with Crippen LogP contribution in [0.2, 0.25) is 0 Å². The molecule has 0 unspecified atom stereocenters. The second kappa shape index (κ2) is 10.7. The van der Waals surface area contributed by atoms with Gasteiger partial charge in [0.1, 0.15) is 5.75 Å². The van der Waals surface area contributed by atoms with Crippen LogP contribution in [0.15, 0.2) is 29.4 Å². The largest absolute Gasteiger partial charge is 0.497 e. The van der Waals surface area contributed by atoms with Crippen molar-refractivity contribution < 1.29 is 14.3 Å². The third kappa shape index (κ3) is 5.89. The standard InChI is InChI=1S/C21H31N5O3S/c1-16(2)13-26-20(25-8-10-29-11-9-25)22-23-21(26)30-15-19(27)24(3)14-17-6-5-7-18(12-17)28-4/h5-7,12,16H,8-11,13-15H2,1-4H3. The van der Waals surface area contributed by atoms with E-state index in [0.717, 1.165) is 42.1 Å². The Morgan fingerprint density at radius 1 is 1.30 bits per heavy atom. The van der Waals surface area contributed by atoms with E-state index in [0.29, 0.717) is 31.4 Å². The number of carbonyl (C=O) groups is 1. The number of nitrogens with zero attached hydrogens (tertiary/aromatic N) is 5. The molecule has 1 aromatic carbocycles. The molecule has 1 aliphatic heterocycles. The average Bonchev–Trinajstić information content (AvgIpc) is 3.14. The van der Waals surface area contributed by atoms with E-state index in [9.17, 15) is 4.79 Å². The van der Waals surface area contributed by atoms with E-state index in [-0.39, 0.29) is 5.91 Å². The Morgan fingerprint density at radius 3 is 2.77 bits per heavy atom. The minimum Gasteiger partial charge on any atom is -0.497 e. The van der Waals surface area contributed by atoms with Gasteiger partial charge >= 0.3 is 0 Å². The van der Waals surface area contributed by atoms with Crippen LogP contribution < -0.4 is 9.64 Å². The van der Waals surface area contributed by atoms with Crippen molar-refractivity contribution >= 4 is 23.6 Å². The van der Waals surface area contributed by atoms with Crippen molar-refractivity contribution in [3.05, 3.63) is 29.8 Å². The predicted octanol–water partition coefficient (Wildman–Crippen LogP) is 2.53. The number of ether oxygens (including phenoxy) is 2. The van der Waals surface area contributed by atoms with Crippen LogP contribution in [0.25, 0.3) is 0 Å². The first-order chi connectivity index (χ1) is 14.5. The Kier molecular flexibility index (Phi) is 7.98. The van der Waals surface area contributed by atoms with Crippen LogP contribution in [0.1, 0.15) is 19.4 Å². The maximum absolute atomic E-state index is 12.7. The lowest BCUT2D eigenvalue weighted by Crippen LogP contribution is -2.38. The molecule has 1 saturated heterocycles. The van der Waals surface area contributed by atoms with Gasteiger partial charge in [-0.2, -0.15) is 0 Å². The topological polar surface area (TPSA) is 72.7 Å². The summed E-state index contributed by atoms with van der Waals surface area (Å²) in [6, 6.07) is 7.77. The first kappa shape index (κ1) is 22.4. The summed E-state index contributed by atoms with van der Waals surface area (Å²) >= 11 is 1.44. The van der Waals surface area contributed by atoms with Crippen LogP contribution in [0.4, 0.5) is 5.95 Å². The van der Waals surface area contributed by atoms with Crippen molar-refractivity contribution in [1.82, 2.24) is 19.7 Å². The van der Waals surface area contributed by atoms with Crippen molar-refractivity contribution in [2.45, 2.75) is 32.1 Å². The Labute approximate surface area is 182 Å². The lowest BCUT2D eigenvalue weighted by atomic mass is 10.2. The Morgan fingerprint density at radius 2 is 2.07 bits per heavy atom. The number of hydrogen-bond donors (Lipinski definition) is 0. The average molecular weight is 434 g/mol. The molecule has 30 heavy (non-hydrogen) atoms. The van der Waals surface area contributed by atoms with Gasteiger partial charge in [0.25, 0.3) is 0 Å². The smallest absolute Gasteiger partial charge is 0.233 e. The molecule has 0 radical (unpaired) electrons. The number of methoxy groups -OCH3 is 1. The highest BCUT2D eigenvalue weighted by atomic mass is 32.2. The van der Waals surface area contributed by atoms with Crippen LogP contribution in [0, 0.1) is 5.92 Å². The van der Waals surface area contributed by atoms with Gasteiger partial charge in [0, 0.05) is 33.2 Å². The molecular formula is C21H31N5O3S. The van der Waals surface area contributed by atoms with Crippen LogP contribution >= 0.6 is 11.8 Å². The van der Waals surface area contributed by atoms with Crippen molar-refractivity contribution in [1.29, 1.82) is 0 Å². The van der Waals surface area contributed by atoms with E-state index in [4.69, 9.17) is 9.47 Å². The second-order valence-electron chi connectivity index (χ2n) is 7.78. The van der Waals surface area contributed by atoms with E-state index < -0.39 is 0 Å².